The van der Waals surface area contributed by atoms with Gasteiger partial charge in [0.25, 0.3) is 0 Å². The van der Waals surface area contributed by atoms with E-state index in [0.29, 0.717) is 5.56 Å². The van der Waals surface area contributed by atoms with Crippen molar-refractivity contribution in [1.82, 2.24) is 9.62 Å². The predicted molar refractivity (Wildman–Crippen MR) is 128 cm³/mol. The van der Waals surface area contributed by atoms with Crippen molar-refractivity contribution in [3.05, 3.63) is 59.7 Å². The standard InChI is InChI=1S/C23H26N2O8S2/c1-32-23(29)18-4-2-3-5-20(18)35(30,31)25-13-17(34)12-19(25)22(28)24-11-10-21(27)33-14-15-6-8-16(26)9-7-15/h2-9,17,19,26,34H,10-14H2,1H3,(H,24,28)/t17-,19-/m0/s1. The van der Waals surface area contributed by atoms with E-state index >= 15 is 0 Å². The third-order valence-electron chi connectivity index (χ3n) is 5.38. The zero-order valence-electron chi connectivity index (χ0n) is 18.9. The molecule has 2 atom stereocenters. The molecule has 0 bridgehead atoms. The number of nitrogens with one attached hydrogen (secondary N) is 1. The van der Waals surface area contributed by atoms with Crippen molar-refractivity contribution in [3.8, 4) is 5.75 Å². The average molecular weight is 523 g/mol. The Morgan fingerprint density at radius 1 is 1.14 bits per heavy atom. The number of phenols is 1. The van der Waals surface area contributed by atoms with E-state index in [2.05, 4.69) is 22.7 Å². The first-order valence-electron chi connectivity index (χ1n) is 10.7. The zero-order chi connectivity index (χ0) is 25.6. The first-order chi connectivity index (χ1) is 16.6. The lowest BCUT2D eigenvalue weighted by Crippen LogP contribution is -2.46. The minimum Gasteiger partial charge on any atom is -0.508 e. The van der Waals surface area contributed by atoms with Gasteiger partial charge in [0.1, 0.15) is 18.4 Å². The fourth-order valence-corrected chi connectivity index (χ4v) is 5.93. The fourth-order valence-electron chi connectivity index (χ4n) is 3.62. The smallest absolute Gasteiger partial charge is 0.339 e. The maximum atomic E-state index is 13.4. The van der Waals surface area contributed by atoms with Gasteiger partial charge in [-0.1, -0.05) is 24.3 Å². The molecule has 1 heterocycles. The molecule has 0 saturated carbocycles. The van der Waals surface area contributed by atoms with E-state index in [1.807, 2.05) is 0 Å². The van der Waals surface area contributed by atoms with Crippen LogP contribution in [0.25, 0.3) is 0 Å². The predicted octanol–water partition coefficient (Wildman–Crippen LogP) is 1.49. The Hall–Kier alpha value is -3.09. The van der Waals surface area contributed by atoms with Crippen LogP contribution in [0.3, 0.4) is 0 Å². The van der Waals surface area contributed by atoms with Crippen molar-refractivity contribution in [2.75, 3.05) is 20.2 Å². The highest BCUT2D eigenvalue weighted by Crippen LogP contribution is 2.30. The van der Waals surface area contributed by atoms with Crippen molar-refractivity contribution in [2.45, 2.75) is 35.6 Å². The van der Waals surface area contributed by atoms with Gasteiger partial charge in [0.2, 0.25) is 15.9 Å². The van der Waals surface area contributed by atoms with Crippen LogP contribution in [0.1, 0.15) is 28.8 Å². The Morgan fingerprint density at radius 3 is 2.51 bits per heavy atom. The highest BCUT2D eigenvalue weighted by molar-refractivity contribution is 7.89. The molecule has 2 N–H and O–H groups in total. The first kappa shape index (κ1) is 26.5. The van der Waals surface area contributed by atoms with Gasteiger partial charge >= 0.3 is 11.9 Å². The van der Waals surface area contributed by atoms with Gasteiger partial charge in [0, 0.05) is 18.3 Å². The summed E-state index contributed by atoms with van der Waals surface area (Å²) in [6.07, 6.45) is 0.0542. The van der Waals surface area contributed by atoms with E-state index < -0.39 is 33.9 Å². The molecule has 188 valence electrons. The van der Waals surface area contributed by atoms with Crippen LogP contribution >= 0.6 is 12.6 Å². The maximum absolute atomic E-state index is 13.4. The largest absolute Gasteiger partial charge is 0.508 e. The Balaban J connectivity index is 1.61. The number of nitrogens with zero attached hydrogens (tertiary/aromatic N) is 1. The van der Waals surface area contributed by atoms with Crippen LogP contribution < -0.4 is 5.32 Å². The molecule has 12 heteroatoms. The number of carbonyl (C=O) groups is 3. The summed E-state index contributed by atoms with van der Waals surface area (Å²) in [5.41, 5.74) is 0.562. The number of sulfonamides is 1. The molecule has 0 aliphatic carbocycles. The summed E-state index contributed by atoms with van der Waals surface area (Å²) >= 11 is 4.36. The molecule has 1 fully saturated rings. The Labute approximate surface area is 208 Å². The lowest BCUT2D eigenvalue weighted by Gasteiger charge is -2.24. The van der Waals surface area contributed by atoms with E-state index in [9.17, 15) is 27.9 Å². The van der Waals surface area contributed by atoms with Gasteiger partial charge in [-0.25, -0.2) is 13.2 Å². The topological polar surface area (TPSA) is 139 Å². The number of ether oxygens (including phenoxy) is 2. The molecule has 0 unspecified atom stereocenters. The van der Waals surface area contributed by atoms with Crippen LogP contribution in [-0.4, -0.2) is 67.2 Å². The van der Waals surface area contributed by atoms with Gasteiger partial charge < -0.3 is 19.9 Å². The Kier molecular flexibility index (Phi) is 8.76. The Bertz CT molecular complexity index is 1180. The van der Waals surface area contributed by atoms with Gasteiger partial charge in [-0.3, -0.25) is 9.59 Å². The van der Waals surface area contributed by atoms with Gasteiger partial charge in [-0.2, -0.15) is 16.9 Å². The highest BCUT2D eigenvalue weighted by Gasteiger charge is 2.44. The number of carbonyl (C=O) groups excluding carboxylic acids is 3. The number of rotatable bonds is 9. The van der Waals surface area contributed by atoms with Gasteiger partial charge in [0.05, 0.1) is 24.0 Å². The third kappa shape index (κ3) is 6.53. The van der Waals surface area contributed by atoms with E-state index in [-0.39, 0.29) is 54.0 Å². The molecule has 0 aromatic heterocycles. The summed E-state index contributed by atoms with van der Waals surface area (Å²) in [4.78, 5) is 36.6. The van der Waals surface area contributed by atoms with Crippen molar-refractivity contribution in [1.29, 1.82) is 0 Å². The van der Waals surface area contributed by atoms with Crippen LogP contribution in [0, 0.1) is 0 Å². The summed E-state index contributed by atoms with van der Waals surface area (Å²) in [5, 5.41) is 11.5. The number of amides is 1. The van der Waals surface area contributed by atoms with Crippen molar-refractivity contribution in [2.24, 2.45) is 0 Å². The minimum atomic E-state index is -4.22. The molecular weight excluding hydrogens is 496 g/mol. The minimum absolute atomic E-state index is 0.0165. The summed E-state index contributed by atoms with van der Waals surface area (Å²) < 4.78 is 37.6. The maximum Gasteiger partial charge on any atom is 0.339 e. The van der Waals surface area contributed by atoms with E-state index in [0.717, 1.165) is 11.4 Å². The van der Waals surface area contributed by atoms with E-state index in [4.69, 9.17) is 4.74 Å². The number of thiol groups is 1. The van der Waals surface area contributed by atoms with Gasteiger partial charge in [-0.15, -0.1) is 0 Å². The number of hydrogen-bond donors (Lipinski definition) is 3. The highest BCUT2D eigenvalue weighted by atomic mass is 32.2. The van der Waals surface area contributed by atoms with Crippen LogP contribution in [-0.2, 0) is 35.7 Å². The lowest BCUT2D eigenvalue weighted by atomic mass is 10.2. The number of esters is 2. The van der Waals surface area contributed by atoms with Crippen LogP contribution in [0.2, 0.25) is 0 Å². The average Bonchev–Trinajstić information content (AvgIpc) is 3.26. The molecule has 0 spiro atoms. The van der Waals surface area contributed by atoms with Gasteiger partial charge in [-0.05, 0) is 36.2 Å². The first-order valence-corrected chi connectivity index (χ1v) is 12.7. The molecule has 1 aliphatic heterocycles. The number of hydrogen-bond acceptors (Lipinski definition) is 9. The Morgan fingerprint density at radius 2 is 1.83 bits per heavy atom. The molecule has 2 aromatic rings. The number of phenolic OH excluding ortho intramolecular Hbond substituents is 1. The second kappa shape index (κ2) is 11.6. The van der Waals surface area contributed by atoms with Crippen LogP contribution in [0.5, 0.6) is 5.75 Å². The van der Waals surface area contributed by atoms with Crippen molar-refractivity contribution >= 4 is 40.5 Å². The number of methoxy groups -OCH3 is 1. The van der Waals surface area contributed by atoms with Crippen LogP contribution in [0.4, 0.5) is 0 Å². The van der Waals surface area contributed by atoms with Gasteiger partial charge in [0.15, 0.2) is 0 Å². The molecule has 0 radical (unpaired) electrons. The summed E-state index contributed by atoms with van der Waals surface area (Å²) in [7, 11) is -3.07. The normalized spacial score (nSPS) is 18.1. The molecule has 1 amide bonds. The van der Waals surface area contributed by atoms with Crippen LogP contribution in [0.15, 0.2) is 53.4 Å². The molecule has 2 aromatic carbocycles. The van der Waals surface area contributed by atoms with E-state index in [1.54, 1.807) is 12.1 Å². The quantitative estimate of drug-likeness (QED) is 0.333. The van der Waals surface area contributed by atoms with Crippen molar-refractivity contribution in [3.63, 3.8) is 0 Å². The van der Waals surface area contributed by atoms with Crippen molar-refractivity contribution < 1.29 is 37.4 Å². The molecule has 10 nitrogen and oxygen atoms in total. The molecule has 1 aliphatic rings. The number of aromatic hydroxyl groups is 1. The number of benzene rings is 2. The second-order valence-electron chi connectivity index (χ2n) is 7.84. The molecule has 35 heavy (non-hydrogen) atoms. The third-order valence-corrected chi connectivity index (χ3v) is 7.69. The summed E-state index contributed by atoms with van der Waals surface area (Å²) in [6, 6.07) is 10.7. The molecular formula is C23H26N2O8S2. The lowest BCUT2D eigenvalue weighted by molar-refractivity contribution is -0.144. The summed E-state index contributed by atoms with van der Waals surface area (Å²) in [6.45, 7) is -0.0516. The fraction of sp³-hybridized carbons (Fsp3) is 0.348. The second-order valence-corrected chi connectivity index (χ2v) is 10.4. The molecule has 3 rings (SSSR count). The monoisotopic (exact) mass is 522 g/mol. The molecule has 1 saturated heterocycles. The van der Waals surface area contributed by atoms with E-state index in [1.165, 1.54) is 36.4 Å². The summed E-state index contributed by atoms with van der Waals surface area (Å²) in [5.74, 6) is -1.83. The SMILES string of the molecule is COC(=O)c1ccccc1S(=O)(=O)N1C[C@@H](S)C[C@H]1C(=O)NCCC(=O)OCc1ccc(O)cc1. The zero-order valence-corrected chi connectivity index (χ0v) is 20.6.